The van der Waals surface area contributed by atoms with Gasteiger partial charge in [-0.15, -0.1) is 0 Å². The van der Waals surface area contributed by atoms with E-state index in [-0.39, 0.29) is 5.91 Å². The summed E-state index contributed by atoms with van der Waals surface area (Å²) in [4.78, 5) is 12.7. The molecule has 138 valence electrons. The maximum absolute atomic E-state index is 12.7. The van der Waals surface area contributed by atoms with E-state index in [4.69, 9.17) is 15.2 Å². The molecule has 1 aromatic carbocycles. The number of hydrogen-bond donors (Lipinski definition) is 2. The molecule has 5 nitrogen and oxygen atoms in total. The highest BCUT2D eigenvalue weighted by molar-refractivity contribution is 5.95. The Morgan fingerprint density at radius 1 is 1.16 bits per heavy atom. The predicted octanol–water partition coefficient (Wildman–Crippen LogP) is 3.34. The lowest BCUT2D eigenvalue weighted by Crippen LogP contribution is -2.46. The zero-order valence-corrected chi connectivity index (χ0v) is 15.0. The fourth-order valence-corrected chi connectivity index (χ4v) is 3.75. The van der Waals surface area contributed by atoms with Gasteiger partial charge in [-0.25, -0.2) is 0 Å². The smallest absolute Gasteiger partial charge is 0.232 e. The Morgan fingerprint density at radius 3 is 2.48 bits per heavy atom. The maximum atomic E-state index is 12.7. The van der Waals surface area contributed by atoms with Crippen LogP contribution in [-0.4, -0.2) is 32.3 Å². The van der Waals surface area contributed by atoms with Crippen LogP contribution in [0.2, 0.25) is 0 Å². The molecule has 0 atom stereocenters. The first-order valence-electron chi connectivity index (χ1n) is 9.54. The van der Waals surface area contributed by atoms with Crippen molar-refractivity contribution in [1.82, 2.24) is 0 Å². The number of anilines is 1. The number of nitrogens with two attached hydrogens (primary N) is 1. The third kappa shape index (κ3) is 4.73. The highest BCUT2D eigenvalue weighted by Gasteiger charge is 2.38. The number of ether oxygens (including phenoxy) is 2. The molecule has 3 N–H and O–H groups in total. The van der Waals surface area contributed by atoms with Gasteiger partial charge in [0.15, 0.2) is 0 Å². The average molecular weight is 346 g/mol. The Labute approximate surface area is 150 Å². The van der Waals surface area contributed by atoms with Crippen LogP contribution in [0.4, 0.5) is 5.69 Å². The van der Waals surface area contributed by atoms with Gasteiger partial charge in [-0.1, -0.05) is 19.3 Å². The van der Waals surface area contributed by atoms with Gasteiger partial charge in [0.2, 0.25) is 5.91 Å². The molecule has 0 aromatic heterocycles. The van der Waals surface area contributed by atoms with E-state index in [9.17, 15) is 4.79 Å². The first kappa shape index (κ1) is 18.2. The molecule has 1 saturated carbocycles. The lowest BCUT2D eigenvalue weighted by atomic mass is 9.79. The SMILES string of the molecule is NCC1(C(=O)Nc2ccc(OCC3CCCCC3)cc2)CCOCC1. The molecule has 3 rings (SSSR count). The molecule has 0 unspecified atom stereocenters. The number of carbonyl (C=O) groups excluding carboxylic acids is 1. The average Bonchev–Trinajstić information content (AvgIpc) is 2.68. The quantitative estimate of drug-likeness (QED) is 0.828. The Balaban J connectivity index is 1.52. The highest BCUT2D eigenvalue weighted by atomic mass is 16.5. The van der Waals surface area contributed by atoms with Crippen LogP contribution in [0.1, 0.15) is 44.9 Å². The van der Waals surface area contributed by atoms with E-state index in [1.165, 1.54) is 32.1 Å². The Kier molecular flexibility index (Phi) is 6.32. The van der Waals surface area contributed by atoms with Gasteiger partial charge >= 0.3 is 0 Å². The largest absolute Gasteiger partial charge is 0.493 e. The van der Waals surface area contributed by atoms with E-state index < -0.39 is 5.41 Å². The van der Waals surface area contributed by atoms with Crippen molar-refractivity contribution >= 4 is 11.6 Å². The number of nitrogens with one attached hydrogen (secondary N) is 1. The van der Waals surface area contributed by atoms with Crippen LogP contribution in [0.5, 0.6) is 5.75 Å². The summed E-state index contributed by atoms with van der Waals surface area (Å²) in [6.45, 7) is 2.34. The summed E-state index contributed by atoms with van der Waals surface area (Å²) < 4.78 is 11.3. The monoisotopic (exact) mass is 346 g/mol. The van der Waals surface area contributed by atoms with E-state index >= 15 is 0 Å². The third-order valence-electron chi connectivity index (χ3n) is 5.64. The van der Waals surface area contributed by atoms with Crippen molar-refractivity contribution in [2.75, 3.05) is 31.7 Å². The zero-order valence-electron chi connectivity index (χ0n) is 15.0. The number of carbonyl (C=O) groups is 1. The molecule has 1 saturated heterocycles. The standard InChI is InChI=1S/C20H30N2O3/c21-15-20(10-12-24-13-11-20)19(23)22-17-6-8-18(9-7-17)25-14-16-4-2-1-3-5-16/h6-9,16H,1-5,10-15,21H2,(H,22,23). The Bertz CT molecular complexity index is 547. The molecule has 1 heterocycles. The fourth-order valence-electron chi connectivity index (χ4n) is 3.75. The van der Waals surface area contributed by atoms with Crippen molar-refractivity contribution in [2.24, 2.45) is 17.1 Å². The molecule has 0 spiro atoms. The van der Waals surface area contributed by atoms with Gasteiger partial charge < -0.3 is 20.5 Å². The van der Waals surface area contributed by atoms with Crippen molar-refractivity contribution < 1.29 is 14.3 Å². The third-order valence-corrected chi connectivity index (χ3v) is 5.64. The molecule has 5 heteroatoms. The number of hydrogen-bond acceptors (Lipinski definition) is 4. The molecule has 1 aromatic rings. The first-order chi connectivity index (χ1) is 12.2. The summed E-state index contributed by atoms with van der Waals surface area (Å²) in [5.41, 5.74) is 6.17. The topological polar surface area (TPSA) is 73.6 Å². The van der Waals surface area contributed by atoms with E-state index in [0.717, 1.165) is 18.0 Å². The molecule has 2 aliphatic rings. The van der Waals surface area contributed by atoms with Crippen LogP contribution >= 0.6 is 0 Å². The summed E-state index contributed by atoms with van der Waals surface area (Å²) in [7, 11) is 0. The van der Waals surface area contributed by atoms with Gasteiger partial charge in [0.05, 0.1) is 12.0 Å². The first-order valence-corrected chi connectivity index (χ1v) is 9.54. The molecule has 1 amide bonds. The Morgan fingerprint density at radius 2 is 1.84 bits per heavy atom. The van der Waals surface area contributed by atoms with E-state index in [2.05, 4.69) is 5.32 Å². The maximum Gasteiger partial charge on any atom is 0.232 e. The highest BCUT2D eigenvalue weighted by Crippen LogP contribution is 2.31. The lowest BCUT2D eigenvalue weighted by Gasteiger charge is -2.34. The molecule has 1 aliphatic carbocycles. The zero-order chi connectivity index (χ0) is 17.5. The summed E-state index contributed by atoms with van der Waals surface area (Å²) >= 11 is 0. The number of rotatable bonds is 6. The van der Waals surface area contributed by atoms with Crippen molar-refractivity contribution in [2.45, 2.75) is 44.9 Å². The van der Waals surface area contributed by atoms with Gasteiger partial charge in [0.1, 0.15) is 5.75 Å². The summed E-state index contributed by atoms with van der Waals surface area (Å²) in [5, 5.41) is 3.01. The van der Waals surface area contributed by atoms with Gasteiger partial charge in [0, 0.05) is 25.4 Å². The number of benzene rings is 1. The van der Waals surface area contributed by atoms with Crippen LogP contribution < -0.4 is 15.8 Å². The number of amides is 1. The van der Waals surface area contributed by atoms with Crippen LogP contribution in [0.15, 0.2) is 24.3 Å². The second kappa shape index (κ2) is 8.68. The molecule has 0 radical (unpaired) electrons. The molecular formula is C20H30N2O3. The molecule has 25 heavy (non-hydrogen) atoms. The molecule has 2 fully saturated rings. The van der Waals surface area contributed by atoms with E-state index in [1.807, 2.05) is 24.3 Å². The van der Waals surface area contributed by atoms with Crippen LogP contribution in [0.3, 0.4) is 0 Å². The van der Waals surface area contributed by atoms with Crippen molar-refractivity contribution in [3.8, 4) is 5.75 Å². The fraction of sp³-hybridized carbons (Fsp3) is 0.650. The van der Waals surface area contributed by atoms with Crippen LogP contribution in [0.25, 0.3) is 0 Å². The summed E-state index contributed by atoms with van der Waals surface area (Å²) in [5.74, 6) is 1.54. The summed E-state index contributed by atoms with van der Waals surface area (Å²) in [6, 6.07) is 7.66. The minimum atomic E-state index is -0.506. The minimum absolute atomic E-state index is 0.00539. The van der Waals surface area contributed by atoms with Gasteiger partial charge in [-0.2, -0.15) is 0 Å². The summed E-state index contributed by atoms with van der Waals surface area (Å²) in [6.07, 6.45) is 7.93. The lowest BCUT2D eigenvalue weighted by molar-refractivity contribution is -0.130. The van der Waals surface area contributed by atoms with Crippen molar-refractivity contribution in [3.05, 3.63) is 24.3 Å². The van der Waals surface area contributed by atoms with E-state index in [1.54, 1.807) is 0 Å². The van der Waals surface area contributed by atoms with Gasteiger partial charge in [-0.05, 0) is 55.9 Å². The second-order valence-electron chi connectivity index (χ2n) is 7.39. The van der Waals surface area contributed by atoms with Crippen LogP contribution in [0, 0.1) is 11.3 Å². The van der Waals surface area contributed by atoms with Crippen LogP contribution in [-0.2, 0) is 9.53 Å². The van der Waals surface area contributed by atoms with E-state index in [0.29, 0.717) is 38.5 Å². The van der Waals surface area contributed by atoms with Gasteiger partial charge in [0.25, 0.3) is 0 Å². The minimum Gasteiger partial charge on any atom is -0.493 e. The van der Waals surface area contributed by atoms with Gasteiger partial charge in [-0.3, -0.25) is 4.79 Å². The molecule has 1 aliphatic heterocycles. The normalized spacial score (nSPS) is 20.8. The predicted molar refractivity (Wildman–Crippen MR) is 98.7 cm³/mol. The molecule has 0 bridgehead atoms. The van der Waals surface area contributed by atoms with Crippen molar-refractivity contribution in [1.29, 1.82) is 0 Å². The van der Waals surface area contributed by atoms with Crippen molar-refractivity contribution in [3.63, 3.8) is 0 Å². The molecular weight excluding hydrogens is 316 g/mol. The second-order valence-corrected chi connectivity index (χ2v) is 7.39. The Hall–Kier alpha value is -1.59.